The van der Waals surface area contributed by atoms with E-state index < -0.39 is 10.0 Å². The Labute approximate surface area is 112 Å². The van der Waals surface area contributed by atoms with Crippen molar-refractivity contribution in [3.8, 4) is 0 Å². The summed E-state index contributed by atoms with van der Waals surface area (Å²) in [6.45, 7) is 5.49. The third kappa shape index (κ3) is 4.03. The van der Waals surface area contributed by atoms with Gasteiger partial charge >= 0.3 is 0 Å². The van der Waals surface area contributed by atoms with Gasteiger partial charge in [-0.2, -0.15) is 0 Å². The first kappa shape index (κ1) is 15.6. The highest BCUT2D eigenvalue weighted by Crippen LogP contribution is 2.21. The lowest BCUT2D eigenvalue weighted by Crippen LogP contribution is -2.33. The summed E-state index contributed by atoms with van der Waals surface area (Å²) >= 11 is 0. The second-order valence-electron chi connectivity index (χ2n) is 4.44. The van der Waals surface area contributed by atoms with Crippen molar-refractivity contribution in [2.45, 2.75) is 26.7 Å². The quantitative estimate of drug-likeness (QED) is 0.788. The molecular weight excluding hydrogens is 270 g/mol. The fourth-order valence-corrected chi connectivity index (χ4v) is 2.12. The first-order valence-electron chi connectivity index (χ1n) is 5.94. The normalized spacial score (nSPS) is 11.8. The lowest BCUT2D eigenvalue weighted by Gasteiger charge is -2.07. The van der Waals surface area contributed by atoms with Crippen molar-refractivity contribution in [3.05, 3.63) is 17.0 Å². The zero-order chi connectivity index (χ0) is 14.6. The van der Waals surface area contributed by atoms with Crippen LogP contribution >= 0.6 is 0 Å². The molecule has 0 unspecified atom stereocenters. The van der Waals surface area contributed by atoms with E-state index in [1.807, 2.05) is 13.8 Å². The standard InChI is InChI=1S/C11H19N3O4S/c1-7(2)10-9(8(3)14-18-10)11(15)13-5-6-19(16,17)12-4/h7,12H,5-6H2,1-4H3,(H,13,15). The Morgan fingerprint density at radius 1 is 1.42 bits per heavy atom. The Kier molecular flexibility index (Phi) is 5.07. The molecule has 0 saturated carbocycles. The molecule has 0 atom stereocenters. The number of amides is 1. The Morgan fingerprint density at radius 3 is 2.58 bits per heavy atom. The molecule has 0 radical (unpaired) electrons. The molecule has 19 heavy (non-hydrogen) atoms. The van der Waals surface area contributed by atoms with E-state index in [4.69, 9.17) is 4.52 Å². The highest BCUT2D eigenvalue weighted by molar-refractivity contribution is 7.89. The summed E-state index contributed by atoms with van der Waals surface area (Å²) in [6.07, 6.45) is 0. The Morgan fingerprint density at radius 2 is 2.05 bits per heavy atom. The van der Waals surface area contributed by atoms with Crippen molar-refractivity contribution < 1.29 is 17.7 Å². The third-order valence-corrected chi connectivity index (χ3v) is 3.97. The first-order valence-corrected chi connectivity index (χ1v) is 7.59. The number of hydrogen-bond acceptors (Lipinski definition) is 5. The van der Waals surface area contributed by atoms with Gasteiger partial charge < -0.3 is 9.84 Å². The Hall–Kier alpha value is -1.41. The average molecular weight is 289 g/mol. The molecule has 0 aliphatic heterocycles. The monoisotopic (exact) mass is 289 g/mol. The number of aromatic nitrogens is 1. The number of carbonyl (C=O) groups excluding carboxylic acids is 1. The van der Waals surface area contributed by atoms with E-state index >= 15 is 0 Å². The van der Waals surface area contributed by atoms with Crippen LogP contribution in [0.1, 0.15) is 41.6 Å². The average Bonchev–Trinajstić information content (AvgIpc) is 2.71. The summed E-state index contributed by atoms with van der Waals surface area (Å²) in [4.78, 5) is 12.0. The van der Waals surface area contributed by atoms with Crippen molar-refractivity contribution in [1.29, 1.82) is 0 Å². The predicted octanol–water partition coefficient (Wildman–Crippen LogP) is 0.385. The van der Waals surface area contributed by atoms with E-state index in [2.05, 4.69) is 15.2 Å². The van der Waals surface area contributed by atoms with Gasteiger partial charge in [0.2, 0.25) is 10.0 Å². The fourth-order valence-electron chi connectivity index (χ4n) is 1.55. The van der Waals surface area contributed by atoms with Crippen molar-refractivity contribution >= 4 is 15.9 Å². The van der Waals surface area contributed by atoms with Crippen LogP contribution in [-0.4, -0.2) is 38.8 Å². The van der Waals surface area contributed by atoms with Crippen LogP contribution < -0.4 is 10.0 Å². The molecule has 0 bridgehead atoms. The minimum atomic E-state index is -3.32. The first-order chi connectivity index (χ1) is 8.78. The SMILES string of the molecule is CNS(=O)(=O)CCNC(=O)c1c(C)noc1C(C)C. The molecule has 0 aliphatic rings. The van der Waals surface area contributed by atoms with E-state index in [0.717, 1.165) is 0 Å². The molecule has 0 aromatic carbocycles. The van der Waals surface area contributed by atoms with E-state index in [-0.39, 0.29) is 24.1 Å². The number of nitrogens with one attached hydrogen (secondary N) is 2. The molecule has 1 heterocycles. The molecule has 1 amide bonds. The van der Waals surface area contributed by atoms with Crippen LogP contribution in [-0.2, 0) is 10.0 Å². The molecule has 0 aliphatic carbocycles. The maximum Gasteiger partial charge on any atom is 0.256 e. The van der Waals surface area contributed by atoms with Crippen LogP contribution in [0, 0.1) is 6.92 Å². The van der Waals surface area contributed by atoms with Crippen LogP contribution in [0.3, 0.4) is 0 Å². The number of carbonyl (C=O) groups is 1. The Balaban J connectivity index is 2.72. The van der Waals surface area contributed by atoms with Gasteiger partial charge in [-0.15, -0.1) is 0 Å². The molecule has 8 heteroatoms. The number of hydrogen-bond donors (Lipinski definition) is 2. The van der Waals surface area contributed by atoms with Gasteiger partial charge in [-0.25, -0.2) is 13.1 Å². The van der Waals surface area contributed by atoms with Crippen LogP contribution in [0.15, 0.2) is 4.52 Å². The van der Waals surface area contributed by atoms with Crippen LogP contribution in [0.25, 0.3) is 0 Å². The molecule has 7 nitrogen and oxygen atoms in total. The van der Waals surface area contributed by atoms with E-state index in [9.17, 15) is 13.2 Å². The molecule has 108 valence electrons. The second kappa shape index (κ2) is 6.16. The number of sulfonamides is 1. The lowest BCUT2D eigenvalue weighted by atomic mass is 10.0. The second-order valence-corrected chi connectivity index (χ2v) is 6.49. The summed E-state index contributed by atoms with van der Waals surface area (Å²) in [5.41, 5.74) is 0.884. The molecule has 1 rings (SSSR count). The van der Waals surface area contributed by atoms with Gasteiger partial charge in [-0.3, -0.25) is 4.79 Å². The third-order valence-electron chi connectivity index (χ3n) is 2.61. The summed E-state index contributed by atoms with van der Waals surface area (Å²) in [7, 11) is -1.99. The molecule has 0 fully saturated rings. The lowest BCUT2D eigenvalue weighted by molar-refractivity contribution is 0.0953. The van der Waals surface area contributed by atoms with Crippen molar-refractivity contribution in [1.82, 2.24) is 15.2 Å². The molecule has 0 saturated heterocycles. The molecule has 0 spiro atoms. The summed E-state index contributed by atoms with van der Waals surface area (Å²) < 4.78 is 29.7. The fraction of sp³-hybridized carbons (Fsp3) is 0.636. The Bertz CT molecular complexity index is 548. The van der Waals surface area contributed by atoms with Gasteiger partial charge in [0, 0.05) is 12.5 Å². The number of rotatable bonds is 6. The molecule has 1 aromatic rings. The predicted molar refractivity (Wildman–Crippen MR) is 70.5 cm³/mol. The minimum absolute atomic E-state index is 0.0305. The smallest absolute Gasteiger partial charge is 0.256 e. The summed E-state index contributed by atoms with van der Waals surface area (Å²) in [5.74, 6) is -0.000414. The zero-order valence-electron chi connectivity index (χ0n) is 11.5. The van der Waals surface area contributed by atoms with Gasteiger partial charge in [0.05, 0.1) is 11.4 Å². The van der Waals surface area contributed by atoms with Crippen molar-refractivity contribution in [3.63, 3.8) is 0 Å². The van der Waals surface area contributed by atoms with E-state index in [1.54, 1.807) is 6.92 Å². The summed E-state index contributed by atoms with van der Waals surface area (Å²) in [5, 5.41) is 6.32. The number of nitrogens with zero attached hydrogens (tertiary/aromatic N) is 1. The zero-order valence-corrected chi connectivity index (χ0v) is 12.3. The van der Waals surface area contributed by atoms with Gasteiger partial charge in [0.25, 0.3) is 5.91 Å². The number of aryl methyl sites for hydroxylation is 1. The molecule has 1 aromatic heterocycles. The van der Waals surface area contributed by atoms with Gasteiger partial charge in [-0.05, 0) is 14.0 Å². The highest BCUT2D eigenvalue weighted by atomic mass is 32.2. The molecule has 2 N–H and O–H groups in total. The maximum absolute atomic E-state index is 12.0. The summed E-state index contributed by atoms with van der Waals surface area (Å²) in [6, 6.07) is 0. The van der Waals surface area contributed by atoms with Crippen molar-refractivity contribution in [2.75, 3.05) is 19.3 Å². The van der Waals surface area contributed by atoms with E-state index in [1.165, 1.54) is 7.05 Å². The largest absolute Gasteiger partial charge is 0.360 e. The van der Waals surface area contributed by atoms with Gasteiger partial charge in [-0.1, -0.05) is 19.0 Å². The topological polar surface area (TPSA) is 101 Å². The van der Waals surface area contributed by atoms with Crippen molar-refractivity contribution in [2.24, 2.45) is 0 Å². The van der Waals surface area contributed by atoms with Gasteiger partial charge in [0.15, 0.2) is 5.76 Å². The maximum atomic E-state index is 12.0. The van der Waals surface area contributed by atoms with Crippen LogP contribution in [0.4, 0.5) is 0 Å². The minimum Gasteiger partial charge on any atom is -0.360 e. The molecular formula is C11H19N3O4S. The van der Waals surface area contributed by atoms with Crippen LogP contribution in [0.5, 0.6) is 0 Å². The van der Waals surface area contributed by atoms with Crippen LogP contribution in [0.2, 0.25) is 0 Å². The van der Waals surface area contributed by atoms with E-state index in [0.29, 0.717) is 17.0 Å². The van der Waals surface area contributed by atoms with Gasteiger partial charge in [0.1, 0.15) is 5.56 Å². The highest BCUT2D eigenvalue weighted by Gasteiger charge is 2.22.